The first-order chi connectivity index (χ1) is 13.2. The third-order valence-electron chi connectivity index (χ3n) is 6.30. The maximum Gasteiger partial charge on any atom is 0.249 e. The van der Waals surface area contributed by atoms with E-state index >= 15 is 0 Å². The molecule has 3 saturated heterocycles. The van der Waals surface area contributed by atoms with Crippen molar-refractivity contribution in [1.29, 1.82) is 0 Å². The average Bonchev–Trinajstić information content (AvgIpc) is 3.30. The van der Waals surface area contributed by atoms with E-state index in [-0.39, 0.29) is 23.6 Å². The Kier molecular flexibility index (Phi) is 4.09. The number of imide groups is 1. The summed E-state index contributed by atoms with van der Waals surface area (Å²) in [6.45, 7) is 4.04. The molecule has 1 aromatic rings. The molecule has 1 atom stereocenters. The molecule has 5 rings (SSSR count). The fraction of sp³-hybridized carbons (Fsp3) is 0.600. The summed E-state index contributed by atoms with van der Waals surface area (Å²) in [6, 6.07) is 6.11. The summed E-state index contributed by atoms with van der Waals surface area (Å²) in [6.07, 6.45) is 3.70. The van der Waals surface area contributed by atoms with Crippen LogP contribution in [0.3, 0.4) is 0 Å². The predicted molar refractivity (Wildman–Crippen MR) is 99.7 cm³/mol. The summed E-state index contributed by atoms with van der Waals surface area (Å²) < 4.78 is 11.7. The number of amides is 2. The molecule has 0 aromatic heterocycles. The summed E-state index contributed by atoms with van der Waals surface area (Å²) in [5.41, 5.74) is 3.71. The van der Waals surface area contributed by atoms with Gasteiger partial charge in [-0.1, -0.05) is 6.07 Å². The highest BCUT2D eigenvalue weighted by atomic mass is 16.7. The fourth-order valence-electron chi connectivity index (χ4n) is 4.91. The van der Waals surface area contributed by atoms with Gasteiger partial charge in [-0.2, -0.15) is 0 Å². The zero-order chi connectivity index (χ0) is 18.4. The van der Waals surface area contributed by atoms with Gasteiger partial charge in [-0.3, -0.25) is 14.9 Å². The van der Waals surface area contributed by atoms with Crippen molar-refractivity contribution in [2.45, 2.75) is 43.9 Å². The van der Waals surface area contributed by atoms with Gasteiger partial charge in [0.15, 0.2) is 5.79 Å². The molecule has 7 heteroatoms. The van der Waals surface area contributed by atoms with Crippen LogP contribution in [0.15, 0.2) is 18.2 Å². The topological polar surface area (TPSA) is 71.1 Å². The van der Waals surface area contributed by atoms with Crippen LogP contribution >= 0.6 is 0 Å². The maximum absolute atomic E-state index is 12.3. The molecule has 27 heavy (non-hydrogen) atoms. The largest absolute Gasteiger partial charge is 0.371 e. The van der Waals surface area contributed by atoms with Crippen LogP contribution < -0.4 is 15.1 Å². The van der Waals surface area contributed by atoms with E-state index in [1.807, 2.05) is 0 Å². The van der Waals surface area contributed by atoms with Crippen LogP contribution in [0.4, 0.5) is 11.4 Å². The maximum atomic E-state index is 12.3. The molecule has 4 aliphatic rings. The van der Waals surface area contributed by atoms with E-state index in [1.165, 1.54) is 11.3 Å². The zero-order valence-electron chi connectivity index (χ0n) is 15.4. The van der Waals surface area contributed by atoms with E-state index in [4.69, 9.17) is 9.47 Å². The molecule has 0 bridgehead atoms. The summed E-state index contributed by atoms with van der Waals surface area (Å²) in [5.74, 6) is -0.698. The lowest BCUT2D eigenvalue weighted by Gasteiger charge is -2.39. The molecule has 7 nitrogen and oxygen atoms in total. The molecule has 1 N–H and O–H groups in total. The molecule has 1 spiro atoms. The van der Waals surface area contributed by atoms with Crippen molar-refractivity contribution in [2.24, 2.45) is 0 Å². The lowest BCUT2D eigenvalue weighted by molar-refractivity contribution is -0.169. The van der Waals surface area contributed by atoms with Crippen LogP contribution in [0.1, 0.15) is 31.2 Å². The first kappa shape index (κ1) is 17.0. The zero-order valence-corrected chi connectivity index (χ0v) is 15.4. The Morgan fingerprint density at radius 3 is 2.48 bits per heavy atom. The van der Waals surface area contributed by atoms with Gasteiger partial charge >= 0.3 is 0 Å². The van der Waals surface area contributed by atoms with Gasteiger partial charge in [0.05, 0.1) is 13.2 Å². The normalized spacial score (nSPS) is 27.2. The highest BCUT2D eigenvalue weighted by Crippen LogP contribution is 2.40. The minimum Gasteiger partial charge on any atom is -0.371 e. The van der Waals surface area contributed by atoms with Crippen LogP contribution in [-0.4, -0.2) is 56.5 Å². The van der Waals surface area contributed by atoms with E-state index in [1.54, 1.807) is 0 Å². The Morgan fingerprint density at radius 2 is 1.74 bits per heavy atom. The second-order valence-electron chi connectivity index (χ2n) is 7.78. The Hall–Kier alpha value is -2.12. The molecule has 144 valence electrons. The Morgan fingerprint density at radius 1 is 1.00 bits per heavy atom. The number of hydrogen-bond donors (Lipinski definition) is 1. The number of rotatable bonds is 2. The summed E-state index contributed by atoms with van der Waals surface area (Å²) in [4.78, 5) is 28.4. The molecule has 0 radical (unpaired) electrons. The van der Waals surface area contributed by atoms with Crippen molar-refractivity contribution < 1.29 is 19.1 Å². The van der Waals surface area contributed by atoms with Crippen molar-refractivity contribution >= 4 is 23.2 Å². The second-order valence-corrected chi connectivity index (χ2v) is 7.78. The molecule has 0 aliphatic carbocycles. The van der Waals surface area contributed by atoms with Gasteiger partial charge in [-0.05, 0) is 25.0 Å². The van der Waals surface area contributed by atoms with Crippen molar-refractivity contribution in [3.8, 4) is 0 Å². The van der Waals surface area contributed by atoms with Crippen molar-refractivity contribution in [3.63, 3.8) is 0 Å². The molecular formula is C20H25N3O4. The minimum atomic E-state index is -0.368. The van der Waals surface area contributed by atoms with Gasteiger partial charge in [0.2, 0.25) is 11.8 Å². The highest BCUT2D eigenvalue weighted by molar-refractivity contribution is 6.02. The smallest absolute Gasteiger partial charge is 0.249 e. The van der Waals surface area contributed by atoms with Gasteiger partial charge < -0.3 is 19.3 Å². The fourth-order valence-corrected chi connectivity index (χ4v) is 4.91. The molecule has 4 aliphatic heterocycles. The van der Waals surface area contributed by atoms with Crippen LogP contribution in [0.2, 0.25) is 0 Å². The van der Waals surface area contributed by atoms with E-state index in [2.05, 4.69) is 33.3 Å². The monoisotopic (exact) mass is 371 g/mol. The SMILES string of the molecule is O=C1CCC(N2CCc3c(N4CCC5(CC4)OCCO5)cccc32)C(=O)N1. The van der Waals surface area contributed by atoms with Gasteiger partial charge in [0.1, 0.15) is 6.04 Å². The second kappa shape index (κ2) is 6.49. The molecule has 1 unspecified atom stereocenters. The van der Waals surface area contributed by atoms with Crippen LogP contribution in [0.5, 0.6) is 0 Å². The first-order valence-corrected chi connectivity index (χ1v) is 9.90. The molecule has 1 aromatic carbocycles. The van der Waals surface area contributed by atoms with Crippen LogP contribution in [-0.2, 0) is 25.5 Å². The number of hydrogen-bond acceptors (Lipinski definition) is 6. The van der Waals surface area contributed by atoms with Crippen LogP contribution in [0.25, 0.3) is 0 Å². The molecule has 0 saturated carbocycles. The van der Waals surface area contributed by atoms with Gasteiger partial charge in [0, 0.05) is 55.8 Å². The van der Waals surface area contributed by atoms with E-state index in [0.717, 1.165) is 44.6 Å². The number of nitrogens with zero attached hydrogens (tertiary/aromatic N) is 2. The predicted octanol–water partition coefficient (Wildman–Crippen LogP) is 1.20. The third kappa shape index (κ3) is 2.89. The summed E-state index contributed by atoms with van der Waals surface area (Å²) >= 11 is 0. The number of anilines is 2. The molecule has 2 amide bonds. The number of nitrogens with one attached hydrogen (secondary N) is 1. The molecule has 3 fully saturated rings. The number of carbonyl (C=O) groups is 2. The quantitative estimate of drug-likeness (QED) is 0.788. The third-order valence-corrected chi connectivity index (χ3v) is 6.30. The minimum absolute atomic E-state index is 0.164. The van der Waals surface area contributed by atoms with E-state index in [9.17, 15) is 9.59 Å². The highest BCUT2D eigenvalue weighted by Gasteiger charge is 2.41. The molecule has 4 heterocycles. The van der Waals surface area contributed by atoms with Crippen molar-refractivity contribution in [1.82, 2.24) is 5.32 Å². The number of piperidine rings is 2. The number of fused-ring (bicyclic) bond motifs is 1. The van der Waals surface area contributed by atoms with Crippen LogP contribution in [0, 0.1) is 0 Å². The van der Waals surface area contributed by atoms with E-state index < -0.39 is 0 Å². The number of benzene rings is 1. The van der Waals surface area contributed by atoms with Crippen molar-refractivity contribution in [3.05, 3.63) is 23.8 Å². The summed E-state index contributed by atoms with van der Waals surface area (Å²) in [5, 5.41) is 2.49. The Balaban J connectivity index is 1.36. The number of ether oxygens (including phenoxy) is 2. The lowest BCUT2D eigenvalue weighted by atomic mass is 10.0. The average molecular weight is 371 g/mol. The lowest BCUT2D eigenvalue weighted by Crippen LogP contribution is -2.52. The molecular weight excluding hydrogens is 346 g/mol. The summed E-state index contributed by atoms with van der Waals surface area (Å²) in [7, 11) is 0. The van der Waals surface area contributed by atoms with Gasteiger partial charge in [0.25, 0.3) is 0 Å². The number of carbonyl (C=O) groups excluding carboxylic acids is 2. The van der Waals surface area contributed by atoms with Crippen molar-refractivity contribution in [2.75, 3.05) is 42.6 Å². The standard InChI is InChI=1S/C20H25N3O4/c24-18-5-4-17(19(25)21-18)23-9-6-14-15(2-1-3-16(14)23)22-10-7-20(8-11-22)26-12-13-27-20/h1-3,17H,4-13H2,(H,21,24,25). The van der Waals surface area contributed by atoms with Gasteiger partial charge in [-0.25, -0.2) is 0 Å². The Labute approximate surface area is 158 Å². The first-order valence-electron chi connectivity index (χ1n) is 9.90. The van der Waals surface area contributed by atoms with Gasteiger partial charge in [-0.15, -0.1) is 0 Å². The Bertz CT molecular complexity index is 764. The van der Waals surface area contributed by atoms with E-state index in [0.29, 0.717) is 26.1 Å².